The summed E-state index contributed by atoms with van der Waals surface area (Å²) in [7, 11) is 0. The van der Waals surface area contributed by atoms with E-state index in [-0.39, 0.29) is 11.6 Å². The Kier molecular flexibility index (Phi) is 7.27. The second kappa shape index (κ2) is 9.90. The van der Waals surface area contributed by atoms with Crippen LogP contribution in [0.15, 0.2) is 53.6 Å². The van der Waals surface area contributed by atoms with Crippen molar-refractivity contribution in [1.82, 2.24) is 4.90 Å². The number of para-hydroxylation sites is 1. The zero-order valence-corrected chi connectivity index (χ0v) is 18.2. The van der Waals surface area contributed by atoms with E-state index in [1.54, 1.807) is 0 Å². The Labute approximate surface area is 180 Å². The van der Waals surface area contributed by atoms with Crippen molar-refractivity contribution in [2.75, 3.05) is 31.5 Å². The summed E-state index contributed by atoms with van der Waals surface area (Å²) in [5, 5.41) is 11.6. The lowest BCUT2D eigenvalue weighted by Crippen LogP contribution is -2.44. The summed E-state index contributed by atoms with van der Waals surface area (Å²) in [5.41, 5.74) is 8.76. The molecule has 30 heavy (non-hydrogen) atoms. The molecule has 1 atom stereocenters. The molecule has 0 bridgehead atoms. The van der Waals surface area contributed by atoms with Gasteiger partial charge in [0.2, 0.25) is 0 Å². The van der Waals surface area contributed by atoms with E-state index < -0.39 is 5.41 Å². The maximum atomic E-state index is 13.5. The number of Topliss-reactive ketones (excluding diaryl/α,β-unsaturated/α-hetero) is 1. The van der Waals surface area contributed by atoms with Gasteiger partial charge in [-0.15, -0.1) is 0 Å². The number of allylic oxidation sites excluding steroid dienone is 2. The molecule has 0 spiro atoms. The van der Waals surface area contributed by atoms with Crippen molar-refractivity contribution in [3.63, 3.8) is 0 Å². The number of hydrogen-bond acceptors (Lipinski definition) is 4. The number of ketones is 1. The molecule has 1 aliphatic heterocycles. The minimum atomic E-state index is -1.02. The van der Waals surface area contributed by atoms with Gasteiger partial charge in [0.25, 0.3) is 0 Å². The number of nitrogens with zero attached hydrogens (tertiary/aromatic N) is 1. The van der Waals surface area contributed by atoms with Crippen LogP contribution in [0.3, 0.4) is 0 Å². The second-order valence-electron chi connectivity index (χ2n) is 8.10. The molecule has 0 aromatic heterocycles. The first kappa shape index (κ1) is 22.0. The SMILES string of the molecule is CCN(CC)CCCCCC1(C(=N)N)C=CC=C(C2=Cc3ccccc3NC2)C1=O. The fourth-order valence-corrected chi connectivity index (χ4v) is 4.34. The van der Waals surface area contributed by atoms with Gasteiger partial charge >= 0.3 is 0 Å². The predicted octanol–water partition coefficient (Wildman–Crippen LogP) is 4.39. The van der Waals surface area contributed by atoms with Crippen LogP contribution in [-0.2, 0) is 4.79 Å². The Balaban J connectivity index is 1.71. The van der Waals surface area contributed by atoms with E-state index in [1.165, 1.54) is 0 Å². The van der Waals surface area contributed by atoms with Crippen LogP contribution < -0.4 is 11.1 Å². The van der Waals surface area contributed by atoms with Gasteiger partial charge in [0.1, 0.15) is 11.3 Å². The molecule has 0 amide bonds. The molecule has 5 nitrogen and oxygen atoms in total. The van der Waals surface area contributed by atoms with Crippen molar-refractivity contribution < 1.29 is 4.79 Å². The van der Waals surface area contributed by atoms with E-state index in [0.717, 1.165) is 55.7 Å². The molecule has 1 unspecified atom stereocenters. The van der Waals surface area contributed by atoms with Gasteiger partial charge in [0.05, 0.1) is 0 Å². The quantitative estimate of drug-likeness (QED) is 0.306. The van der Waals surface area contributed by atoms with Gasteiger partial charge in [-0.1, -0.05) is 63.1 Å². The number of rotatable bonds is 10. The van der Waals surface area contributed by atoms with Crippen LogP contribution >= 0.6 is 0 Å². The molecular weight excluding hydrogens is 372 g/mol. The molecule has 1 aromatic rings. The first-order chi connectivity index (χ1) is 14.5. The molecule has 0 saturated carbocycles. The van der Waals surface area contributed by atoms with Crippen molar-refractivity contribution in [3.8, 4) is 0 Å². The van der Waals surface area contributed by atoms with Crippen LogP contribution in [0, 0.1) is 10.8 Å². The van der Waals surface area contributed by atoms with Crippen molar-refractivity contribution in [1.29, 1.82) is 5.41 Å². The van der Waals surface area contributed by atoms with Gasteiger partial charge in [-0.2, -0.15) is 0 Å². The van der Waals surface area contributed by atoms with E-state index in [9.17, 15) is 4.79 Å². The molecule has 0 fully saturated rings. The summed E-state index contributed by atoms with van der Waals surface area (Å²) >= 11 is 0. The van der Waals surface area contributed by atoms with Gasteiger partial charge in [-0.25, -0.2) is 0 Å². The van der Waals surface area contributed by atoms with Crippen molar-refractivity contribution in [2.45, 2.75) is 39.5 Å². The lowest BCUT2D eigenvalue weighted by atomic mass is 9.71. The zero-order valence-electron chi connectivity index (χ0n) is 18.2. The number of unbranched alkanes of at least 4 members (excludes halogenated alkanes) is 2. The average molecular weight is 407 g/mol. The summed E-state index contributed by atoms with van der Waals surface area (Å²) in [5.74, 6) is -0.100. The number of anilines is 1. The topological polar surface area (TPSA) is 82.2 Å². The monoisotopic (exact) mass is 406 g/mol. The third kappa shape index (κ3) is 4.57. The normalized spacial score (nSPS) is 20.4. The highest BCUT2D eigenvalue weighted by Crippen LogP contribution is 2.38. The molecule has 1 heterocycles. The van der Waals surface area contributed by atoms with Crippen molar-refractivity contribution >= 4 is 23.4 Å². The van der Waals surface area contributed by atoms with Gasteiger partial charge in [-0.05, 0) is 55.8 Å². The number of fused-ring (bicyclic) bond motifs is 1. The van der Waals surface area contributed by atoms with Crippen LogP contribution in [0.4, 0.5) is 5.69 Å². The van der Waals surface area contributed by atoms with Gasteiger partial charge < -0.3 is 16.0 Å². The number of benzene rings is 1. The Morgan fingerprint density at radius 1 is 1.20 bits per heavy atom. The molecule has 0 radical (unpaired) electrons. The van der Waals surface area contributed by atoms with E-state index in [1.807, 2.05) is 42.5 Å². The number of carbonyl (C=O) groups is 1. The maximum absolute atomic E-state index is 13.5. The fraction of sp³-hybridized carbons (Fsp3) is 0.440. The number of nitrogens with one attached hydrogen (secondary N) is 2. The number of amidine groups is 1. The van der Waals surface area contributed by atoms with Gasteiger partial charge in [-0.3, -0.25) is 10.2 Å². The highest BCUT2D eigenvalue weighted by atomic mass is 16.1. The predicted molar refractivity (Wildman–Crippen MR) is 126 cm³/mol. The molecule has 2 aliphatic rings. The molecule has 4 N–H and O–H groups in total. The summed E-state index contributed by atoms with van der Waals surface area (Å²) in [6, 6.07) is 8.07. The lowest BCUT2D eigenvalue weighted by Gasteiger charge is -2.32. The fourth-order valence-electron chi connectivity index (χ4n) is 4.34. The minimum absolute atomic E-state index is 0.0475. The Bertz CT molecular complexity index is 879. The van der Waals surface area contributed by atoms with E-state index in [0.29, 0.717) is 18.5 Å². The third-order valence-electron chi connectivity index (χ3n) is 6.32. The largest absolute Gasteiger partial charge is 0.387 e. The summed E-state index contributed by atoms with van der Waals surface area (Å²) in [4.78, 5) is 16.0. The number of carbonyl (C=O) groups excluding carboxylic acids is 1. The molecule has 3 rings (SSSR count). The molecular formula is C25H34N4O. The van der Waals surface area contributed by atoms with E-state index >= 15 is 0 Å². The van der Waals surface area contributed by atoms with Crippen LogP contribution in [0.2, 0.25) is 0 Å². The van der Waals surface area contributed by atoms with Crippen LogP contribution in [-0.4, -0.2) is 42.7 Å². The molecule has 0 saturated heterocycles. The summed E-state index contributed by atoms with van der Waals surface area (Å²) in [6.45, 7) is 8.17. The van der Waals surface area contributed by atoms with Crippen molar-refractivity contribution in [2.24, 2.45) is 11.1 Å². The highest BCUT2D eigenvalue weighted by molar-refractivity contribution is 6.19. The smallest absolute Gasteiger partial charge is 0.180 e. The van der Waals surface area contributed by atoms with Crippen LogP contribution in [0.1, 0.15) is 45.1 Å². The standard InChI is InChI=1S/C25H34N4O/c1-3-29(4-2)16-9-5-8-14-25(24(26)27)15-10-12-21(23(25)30)20-17-19-11-6-7-13-22(19)28-18-20/h6-7,10-13,15,17,28H,3-5,8-9,14,16,18H2,1-2H3,(H3,26,27). The highest BCUT2D eigenvalue weighted by Gasteiger charge is 2.42. The van der Waals surface area contributed by atoms with Crippen LogP contribution in [0.25, 0.3) is 6.08 Å². The summed E-state index contributed by atoms with van der Waals surface area (Å²) < 4.78 is 0. The minimum Gasteiger partial charge on any atom is -0.387 e. The molecule has 160 valence electrons. The number of hydrogen-bond donors (Lipinski definition) is 3. The zero-order chi connectivity index (χ0) is 21.6. The lowest BCUT2D eigenvalue weighted by molar-refractivity contribution is -0.120. The molecule has 5 heteroatoms. The average Bonchev–Trinajstić information content (AvgIpc) is 2.77. The Morgan fingerprint density at radius 3 is 2.70 bits per heavy atom. The number of nitrogens with two attached hydrogens (primary N) is 1. The first-order valence-corrected chi connectivity index (χ1v) is 11.1. The van der Waals surface area contributed by atoms with E-state index in [2.05, 4.69) is 30.1 Å². The molecule has 1 aliphatic carbocycles. The Morgan fingerprint density at radius 2 is 1.97 bits per heavy atom. The third-order valence-corrected chi connectivity index (χ3v) is 6.32. The Hall–Kier alpha value is -2.66. The van der Waals surface area contributed by atoms with Gasteiger partial charge in [0.15, 0.2) is 5.78 Å². The second-order valence-corrected chi connectivity index (χ2v) is 8.10. The van der Waals surface area contributed by atoms with Gasteiger partial charge in [0, 0.05) is 17.8 Å². The first-order valence-electron chi connectivity index (χ1n) is 11.1. The molecule has 1 aromatic carbocycles. The summed E-state index contributed by atoms with van der Waals surface area (Å²) in [6.07, 6.45) is 11.3. The van der Waals surface area contributed by atoms with Crippen LogP contribution in [0.5, 0.6) is 0 Å². The van der Waals surface area contributed by atoms with E-state index in [4.69, 9.17) is 11.1 Å². The van der Waals surface area contributed by atoms with Crippen molar-refractivity contribution in [3.05, 3.63) is 59.2 Å². The maximum Gasteiger partial charge on any atom is 0.180 e.